The van der Waals surface area contributed by atoms with Crippen LogP contribution in [0.2, 0.25) is 0 Å². The van der Waals surface area contributed by atoms with E-state index >= 15 is 0 Å². The Morgan fingerprint density at radius 2 is 0.924 bits per heavy atom. The van der Waals surface area contributed by atoms with Crippen molar-refractivity contribution in [3.05, 3.63) is 124 Å². The first kappa shape index (κ1) is 53.5. The van der Waals surface area contributed by atoms with Crippen LogP contribution in [0, 0.1) is 0 Å². The molecule has 0 saturated carbocycles. The van der Waals surface area contributed by atoms with Crippen molar-refractivity contribution in [1.82, 2.24) is 0 Å². The Morgan fingerprint density at radius 1 is 0.545 bits per heavy atom. The van der Waals surface area contributed by atoms with E-state index in [1.807, 2.05) is 72.8 Å². The Bertz CT molecular complexity index is 2370. The van der Waals surface area contributed by atoms with Gasteiger partial charge in [-0.05, 0) is 100 Å². The maximum Gasteiger partial charge on any atom is 0.304 e. The van der Waals surface area contributed by atoms with Crippen LogP contribution >= 0.6 is 24.4 Å². The van der Waals surface area contributed by atoms with Crippen molar-refractivity contribution in [2.24, 2.45) is 0 Å². The van der Waals surface area contributed by atoms with E-state index in [9.17, 15) is 28.8 Å². The van der Waals surface area contributed by atoms with Gasteiger partial charge in [-0.2, -0.15) is 24.4 Å². The Labute approximate surface area is 399 Å². The number of thiol groups is 1. The Balaban J connectivity index is 0.000000260. The number of unbranched alkanes of at least 4 members (excludes halogenated alkanes) is 2. The van der Waals surface area contributed by atoms with Gasteiger partial charge in [0.1, 0.15) is 0 Å². The molecule has 0 saturated heterocycles. The van der Waals surface area contributed by atoms with E-state index in [-0.39, 0.29) is 41.9 Å². The van der Waals surface area contributed by atoms with Crippen LogP contribution in [0.25, 0.3) is 27.8 Å². The smallest absolute Gasteiger partial charge is 0.304 e. The average Bonchev–Trinajstić information content (AvgIpc) is 3.78. The molecule has 2 N–H and O–H groups in total. The fourth-order valence-electron chi connectivity index (χ4n) is 7.90. The summed E-state index contributed by atoms with van der Waals surface area (Å²) in [5, 5.41) is 16.8. The summed E-state index contributed by atoms with van der Waals surface area (Å²) in [6.07, 6.45) is 7.48. The van der Waals surface area contributed by atoms with Crippen molar-refractivity contribution < 1.29 is 48.5 Å². The number of Topliss-reactive ketones (excluding diaryl/α,β-unsaturated/α-hetero) is 4. The highest BCUT2D eigenvalue weighted by Crippen LogP contribution is 2.47. The molecule has 2 aliphatic carbocycles. The van der Waals surface area contributed by atoms with Gasteiger partial charge >= 0.3 is 11.9 Å². The van der Waals surface area contributed by atoms with E-state index in [2.05, 4.69) is 33.1 Å². The number of carboxylic acid groups (broad SMARTS) is 2. The van der Waals surface area contributed by atoms with Gasteiger partial charge in [-0.15, -0.1) is 0 Å². The van der Waals surface area contributed by atoms with E-state index in [0.29, 0.717) is 73.7 Å². The van der Waals surface area contributed by atoms with E-state index in [1.54, 1.807) is 26.0 Å². The molecular formula is C54H64O10S2. The van der Waals surface area contributed by atoms with Crippen LogP contribution in [0.4, 0.5) is 0 Å². The van der Waals surface area contributed by atoms with Crippen LogP contribution in [0.3, 0.4) is 0 Å². The second-order valence-electron chi connectivity index (χ2n) is 16.3. The Morgan fingerprint density at radius 3 is 1.27 bits per heavy atom. The highest BCUT2D eigenvalue weighted by atomic mass is 32.2. The first-order chi connectivity index (χ1) is 31.8. The number of ketones is 4. The number of methoxy groups -OCH3 is 2. The molecule has 0 radical (unpaired) electrons. The number of hydrogen-bond donors (Lipinski definition) is 3. The van der Waals surface area contributed by atoms with Gasteiger partial charge in [0, 0.05) is 98.5 Å². The van der Waals surface area contributed by atoms with Gasteiger partial charge in [0.15, 0.2) is 23.1 Å². The molecule has 66 heavy (non-hydrogen) atoms. The number of carboxylic acids is 2. The van der Waals surface area contributed by atoms with Crippen molar-refractivity contribution in [3.8, 4) is 22.3 Å². The molecule has 0 spiro atoms. The summed E-state index contributed by atoms with van der Waals surface area (Å²) in [4.78, 5) is 70.6. The second kappa shape index (κ2) is 27.5. The standard InChI is InChI=1S/C27H32O5S.C24H26O3.C3H6O2S/c1-3-4-6-25(28)18-8-10-20-21-11-9-19(26(29)7-5-13-32-2)16-23(21)24(22(20)15-18)17-33-14-12-27(30)31;1-4-5-7-23(25)17-9-11-19-20-12-10-18(24(26)8-6-13-27-3)15-22(20)16(2)21(19)14-17;4-3(5)1-2-6/h8-11,15-16,24H,3-7,12-14,17H2,1-2H3,(H,30,31);9-12,14-15H,2,4-8,13H2,1,3H3;6H,1-2H2,(H,4,5). The van der Waals surface area contributed by atoms with Gasteiger partial charge in [0.05, 0.1) is 12.8 Å². The molecule has 10 nitrogen and oxygen atoms in total. The topological polar surface area (TPSA) is 161 Å². The number of carbonyl (C=O) groups excluding carboxylic acids is 4. The summed E-state index contributed by atoms with van der Waals surface area (Å²) < 4.78 is 10.1. The maximum absolute atomic E-state index is 12.7. The molecule has 6 rings (SSSR count). The van der Waals surface area contributed by atoms with Gasteiger partial charge < -0.3 is 19.7 Å². The molecule has 4 aromatic rings. The minimum atomic E-state index is -0.803. The molecule has 0 aliphatic heterocycles. The zero-order chi connectivity index (χ0) is 48.2. The molecule has 1 atom stereocenters. The van der Waals surface area contributed by atoms with Crippen LogP contribution < -0.4 is 0 Å². The highest BCUT2D eigenvalue weighted by Gasteiger charge is 2.31. The molecule has 0 aromatic heterocycles. The third kappa shape index (κ3) is 14.9. The summed E-state index contributed by atoms with van der Waals surface area (Å²) >= 11 is 5.28. The number of thioether (sulfide) groups is 1. The number of hydrogen-bond acceptors (Lipinski definition) is 10. The summed E-state index contributed by atoms with van der Waals surface area (Å²) in [5.41, 5.74) is 12.3. The molecule has 0 heterocycles. The van der Waals surface area contributed by atoms with Gasteiger partial charge in [0.25, 0.3) is 0 Å². The van der Waals surface area contributed by atoms with Crippen molar-refractivity contribution in [2.75, 3.05) is 44.7 Å². The van der Waals surface area contributed by atoms with Gasteiger partial charge in [-0.3, -0.25) is 28.8 Å². The number of benzene rings is 4. The molecule has 4 aromatic carbocycles. The molecule has 0 bridgehead atoms. The third-order valence-corrected chi connectivity index (χ3v) is 12.8. The first-order valence-electron chi connectivity index (χ1n) is 22.8. The zero-order valence-corrected chi connectivity index (χ0v) is 40.5. The third-order valence-electron chi connectivity index (χ3n) is 11.5. The molecule has 0 amide bonds. The van der Waals surface area contributed by atoms with E-state index in [4.69, 9.17) is 19.7 Å². The largest absolute Gasteiger partial charge is 0.481 e. The predicted octanol–water partition coefficient (Wildman–Crippen LogP) is 12.1. The minimum absolute atomic E-state index is 0.0273. The van der Waals surface area contributed by atoms with Crippen LogP contribution in [0.5, 0.6) is 0 Å². The number of ether oxygens (including phenoxy) is 2. The number of rotatable bonds is 25. The van der Waals surface area contributed by atoms with Crippen LogP contribution in [0.1, 0.15) is 161 Å². The molecule has 0 fully saturated rings. The lowest BCUT2D eigenvalue weighted by atomic mass is 9.94. The van der Waals surface area contributed by atoms with Crippen molar-refractivity contribution in [1.29, 1.82) is 0 Å². The SMILES string of the molecule is C=C1c2cc(C(=O)CCCC)ccc2-c2ccc(C(=O)CCCOC)cc21.CCCCC(=O)c1ccc2c(c1)C(CSCCC(=O)O)c1cc(C(=O)CCCOC)ccc1-2.O=C(O)CCS. The Kier molecular flexibility index (Phi) is 22.3. The lowest BCUT2D eigenvalue weighted by Crippen LogP contribution is -2.06. The van der Waals surface area contributed by atoms with Crippen molar-refractivity contribution >= 4 is 65.0 Å². The summed E-state index contributed by atoms with van der Waals surface area (Å²) in [6.45, 7) is 9.54. The van der Waals surface area contributed by atoms with Gasteiger partial charge in [0.2, 0.25) is 0 Å². The highest BCUT2D eigenvalue weighted by molar-refractivity contribution is 7.99. The maximum atomic E-state index is 12.7. The van der Waals surface area contributed by atoms with E-state index in [1.165, 1.54) is 0 Å². The first-order valence-corrected chi connectivity index (χ1v) is 24.6. The van der Waals surface area contributed by atoms with Crippen molar-refractivity contribution in [3.63, 3.8) is 0 Å². The monoisotopic (exact) mass is 936 g/mol. The lowest BCUT2D eigenvalue weighted by Gasteiger charge is -2.15. The number of fused-ring (bicyclic) bond motifs is 6. The zero-order valence-electron chi connectivity index (χ0n) is 38.7. The normalized spacial score (nSPS) is 12.7. The van der Waals surface area contributed by atoms with Crippen LogP contribution in [-0.2, 0) is 19.1 Å². The molecule has 1 unspecified atom stereocenters. The predicted molar refractivity (Wildman–Crippen MR) is 268 cm³/mol. The summed E-state index contributed by atoms with van der Waals surface area (Å²) in [6, 6.07) is 23.5. The summed E-state index contributed by atoms with van der Waals surface area (Å²) in [5.74, 6) is 0.649. The van der Waals surface area contributed by atoms with Gasteiger partial charge in [-0.1, -0.05) is 81.8 Å². The average molecular weight is 937 g/mol. The van der Waals surface area contributed by atoms with Crippen LogP contribution in [-0.4, -0.2) is 90.0 Å². The van der Waals surface area contributed by atoms with Crippen molar-refractivity contribution in [2.45, 2.75) is 96.8 Å². The molecule has 352 valence electrons. The number of aliphatic carboxylic acids is 2. The lowest BCUT2D eigenvalue weighted by molar-refractivity contribution is -0.137. The Hall–Kier alpha value is -5.14. The van der Waals surface area contributed by atoms with Crippen LogP contribution in [0.15, 0.2) is 79.4 Å². The fraction of sp³-hybridized carbons (Fsp3) is 0.407. The van der Waals surface area contributed by atoms with E-state index in [0.717, 1.165) is 93.3 Å². The van der Waals surface area contributed by atoms with Gasteiger partial charge in [-0.25, -0.2) is 0 Å². The summed E-state index contributed by atoms with van der Waals surface area (Å²) in [7, 11) is 3.27. The number of carbonyl (C=O) groups is 6. The minimum Gasteiger partial charge on any atom is -0.481 e. The quantitative estimate of drug-likeness (QED) is 0.0290. The molecule has 12 heteroatoms. The molecule has 2 aliphatic rings. The van der Waals surface area contributed by atoms with E-state index < -0.39 is 11.9 Å². The fourth-order valence-corrected chi connectivity index (χ4v) is 9.17. The molecular weight excluding hydrogens is 873 g/mol. The second-order valence-corrected chi connectivity index (χ2v) is 17.9.